The van der Waals surface area contributed by atoms with E-state index < -0.39 is 17.9 Å². The number of hydrogen-bond donors (Lipinski definition) is 1. The topological polar surface area (TPSA) is 93.9 Å². The van der Waals surface area contributed by atoms with Gasteiger partial charge in [0.1, 0.15) is 10.4 Å². The van der Waals surface area contributed by atoms with Gasteiger partial charge in [0.25, 0.3) is 5.91 Å². The molecule has 2 aromatic carbocycles. The first kappa shape index (κ1) is 26.4. The summed E-state index contributed by atoms with van der Waals surface area (Å²) in [4.78, 5) is 27.0. The number of methoxy groups -OCH3 is 1. The average molecular weight is 538 g/mol. The molecule has 0 saturated carbocycles. The summed E-state index contributed by atoms with van der Waals surface area (Å²) in [7, 11) is 1.56. The van der Waals surface area contributed by atoms with Crippen molar-refractivity contribution in [3.63, 3.8) is 0 Å². The van der Waals surface area contributed by atoms with Crippen LogP contribution >= 0.6 is 24.0 Å². The zero-order chi connectivity index (χ0) is 26.7. The summed E-state index contributed by atoms with van der Waals surface area (Å²) in [5.41, 5.74) is 1.96. The summed E-state index contributed by atoms with van der Waals surface area (Å²) in [6.07, 6.45) is 2.26. The summed E-state index contributed by atoms with van der Waals surface area (Å²) < 4.78 is 13.7. The first-order chi connectivity index (χ1) is 17.8. The molecule has 1 aliphatic heterocycles. The SMILES string of the molecule is CCC(C)[C@@H](C(=O)O)N1C(=O)/C(=C/c2c(C)nn(-c3ccccc3)c2Oc2ccccc2OC)SC1=S. The van der Waals surface area contributed by atoms with Crippen LogP contribution in [0.1, 0.15) is 31.5 Å². The molecule has 0 spiro atoms. The number of aromatic nitrogens is 2. The molecule has 37 heavy (non-hydrogen) atoms. The maximum Gasteiger partial charge on any atom is 0.327 e. The predicted octanol–water partition coefficient (Wildman–Crippen LogP) is 5.68. The van der Waals surface area contributed by atoms with Gasteiger partial charge in [0.2, 0.25) is 5.88 Å². The van der Waals surface area contributed by atoms with E-state index in [9.17, 15) is 14.7 Å². The molecule has 4 rings (SSSR count). The van der Waals surface area contributed by atoms with Crippen LogP contribution < -0.4 is 9.47 Å². The van der Waals surface area contributed by atoms with E-state index in [4.69, 9.17) is 21.7 Å². The number of thiocarbonyl (C=S) groups is 1. The van der Waals surface area contributed by atoms with Crippen LogP contribution in [0.5, 0.6) is 17.4 Å². The van der Waals surface area contributed by atoms with Crippen LogP contribution in [0.3, 0.4) is 0 Å². The fraction of sp³-hybridized carbons (Fsp3) is 0.259. The van der Waals surface area contributed by atoms with Crippen molar-refractivity contribution in [3.8, 4) is 23.1 Å². The molecular weight excluding hydrogens is 510 g/mol. The first-order valence-electron chi connectivity index (χ1n) is 11.7. The van der Waals surface area contributed by atoms with Crippen LogP contribution in [-0.4, -0.2) is 49.1 Å². The minimum absolute atomic E-state index is 0.212. The van der Waals surface area contributed by atoms with Crippen molar-refractivity contribution >= 4 is 46.3 Å². The molecule has 1 saturated heterocycles. The van der Waals surface area contributed by atoms with Crippen LogP contribution in [0.4, 0.5) is 0 Å². The third-order valence-corrected chi connectivity index (χ3v) is 7.48. The number of para-hydroxylation sites is 3. The largest absolute Gasteiger partial charge is 0.493 e. The Bertz CT molecular complexity index is 1370. The molecule has 2 atom stereocenters. The second-order valence-electron chi connectivity index (χ2n) is 8.52. The van der Waals surface area contributed by atoms with Crippen molar-refractivity contribution in [2.24, 2.45) is 5.92 Å². The number of benzene rings is 2. The highest BCUT2D eigenvalue weighted by atomic mass is 32.2. The molecular formula is C27H27N3O5S2. The number of nitrogens with zero attached hydrogens (tertiary/aromatic N) is 3. The number of carbonyl (C=O) groups is 2. The number of aliphatic carboxylic acids is 1. The minimum Gasteiger partial charge on any atom is -0.493 e. The maximum absolute atomic E-state index is 13.4. The summed E-state index contributed by atoms with van der Waals surface area (Å²) in [5.74, 6) is -0.400. The van der Waals surface area contributed by atoms with Gasteiger partial charge in [-0.25, -0.2) is 4.79 Å². The van der Waals surface area contributed by atoms with Gasteiger partial charge < -0.3 is 14.6 Å². The van der Waals surface area contributed by atoms with Crippen molar-refractivity contribution in [3.05, 3.63) is 70.8 Å². The van der Waals surface area contributed by atoms with Crippen LogP contribution in [0.2, 0.25) is 0 Å². The Balaban J connectivity index is 1.82. The van der Waals surface area contributed by atoms with Crippen molar-refractivity contribution < 1.29 is 24.2 Å². The van der Waals surface area contributed by atoms with Gasteiger partial charge in [-0.3, -0.25) is 9.69 Å². The Morgan fingerprint density at radius 2 is 1.81 bits per heavy atom. The first-order valence-corrected chi connectivity index (χ1v) is 12.9. The van der Waals surface area contributed by atoms with Gasteiger partial charge in [-0.2, -0.15) is 9.78 Å². The highest BCUT2D eigenvalue weighted by Gasteiger charge is 2.42. The van der Waals surface area contributed by atoms with E-state index in [1.807, 2.05) is 56.3 Å². The van der Waals surface area contributed by atoms with Gasteiger partial charge in [0.15, 0.2) is 11.5 Å². The molecule has 192 valence electrons. The number of hydrogen-bond acceptors (Lipinski definition) is 7. The fourth-order valence-corrected chi connectivity index (χ4v) is 5.33. The molecule has 10 heteroatoms. The van der Waals surface area contributed by atoms with Gasteiger partial charge in [-0.05, 0) is 43.2 Å². The number of carbonyl (C=O) groups excluding carboxylic acids is 1. The number of aryl methyl sites for hydroxylation is 1. The zero-order valence-corrected chi connectivity index (χ0v) is 22.5. The molecule has 2 heterocycles. The number of carboxylic acid groups (broad SMARTS) is 1. The van der Waals surface area contributed by atoms with Gasteiger partial charge >= 0.3 is 5.97 Å². The summed E-state index contributed by atoms with van der Waals surface area (Å²) in [5, 5.41) is 14.5. The third kappa shape index (κ3) is 5.26. The smallest absolute Gasteiger partial charge is 0.327 e. The number of thioether (sulfide) groups is 1. The maximum atomic E-state index is 13.4. The molecule has 1 aliphatic rings. The Labute approximate surface area is 224 Å². The molecule has 0 bridgehead atoms. The van der Waals surface area contributed by atoms with Crippen molar-refractivity contribution in [1.29, 1.82) is 0 Å². The van der Waals surface area contributed by atoms with Crippen LogP contribution in [-0.2, 0) is 9.59 Å². The number of carboxylic acids is 1. The summed E-state index contributed by atoms with van der Waals surface area (Å²) in [6.45, 7) is 5.51. The van der Waals surface area contributed by atoms with Crippen molar-refractivity contribution in [2.75, 3.05) is 7.11 Å². The molecule has 1 unspecified atom stereocenters. The van der Waals surface area contributed by atoms with E-state index in [-0.39, 0.29) is 10.2 Å². The van der Waals surface area contributed by atoms with Crippen LogP contribution in [0, 0.1) is 12.8 Å². The van der Waals surface area contributed by atoms with E-state index in [0.717, 1.165) is 17.4 Å². The van der Waals surface area contributed by atoms with E-state index in [1.54, 1.807) is 36.9 Å². The normalized spacial score (nSPS) is 16.2. The Morgan fingerprint density at radius 3 is 2.43 bits per heavy atom. The molecule has 0 radical (unpaired) electrons. The van der Waals surface area contributed by atoms with Crippen LogP contribution in [0.15, 0.2) is 59.5 Å². The molecule has 1 amide bonds. The van der Waals surface area contributed by atoms with Gasteiger partial charge in [0, 0.05) is 0 Å². The van der Waals surface area contributed by atoms with E-state index in [0.29, 0.717) is 40.0 Å². The zero-order valence-electron chi connectivity index (χ0n) is 20.9. The lowest BCUT2D eigenvalue weighted by molar-refractivity contribution is -0.147. The Morgan fingerprint density at radius 1 is 1.16 bits per heavy atom. The lowest BCUT2D eigenvalue weighted by atomic mass is 9.98. The molecule has 1 fully saturated rings. The van der Waals surface area contributed by atoms with Gasteiger partial charge in [-0.1, -0.05) is 74.6 Å². The van der Waals surface area contributed by atoms with E-state index in [2.05, 4.69) is 5.10 Å². The third-order valence-electron chi connectivity index (χ3n) is 6.15. The Kier molecular flexibility index (Phi) is 7.99. The Hall–Kier alpha value is -3.63. The second kappa shape index (κ2) is 11.2. The van der Waals surface area contributed by atoms with E-state index in [1.165, 1.54) is 4.90 Å². The lowest BCUT2D eigenvalue weighted by Gasteiger charge is -2.27. The van der Waals surface area contributed by atoms with Crippen LogP contribution in [0.25, 0.3) is 11.8 Å². The molecule has 1 aromatic heterocycles. The quantitative estimate of drug-likeness (QED) is 0.275. The predicted molar refractivity (Wildman–Crippen MR) is 147 cm³/mol. The number of ether oxygens (including phenoxy) is 2. The molecule has 3 aromatic rings. The molecule has 8 nitrogen and oxygen atoms in total. The minimum atomic E-state index is -1.08. The molecule has 1 N–H and O–H groups in total. The van der Waals surface area contributed by atoms with Crippen molar-refractivity contribution in [2.45, 2.75) is 33.2 Å². The molecule has 0 aliphatic carbocycles. The lowest BCUT2D eigenvalue weighted by Crippen LogP contribution is -2.47. The standard InChI is InChI=1S/C27H27N3O5S2/c1-5-16(2)23(26(32)33)29-24(31)22(37-27(29)36)15-19-17(3)28-30(18-11-7-6-8-12-18)25(19)35-21-14-10-9-13-20(21)34-4/h6-16,23H,5H2,1-4H3,(H,32,33)/b22-15-/t16?,23-/m0/s1. The number of rotatable bonds is 9. The van der Waals surface area contributed by atoms with Crippen molar-refractivity contribution in [1.82, 2.24) is 14.7 Å². The summed E-state index contributed by atoms with van der Waals surface area (Å²) >= 11 is 6.53. The second-order valence-corrected chi connectivity index (χ2v) is 10.2. The van der Waals surface area contributed by atoms with Gasteiger partial charge in [0.05, 0.1) is 29.0 Å². The fourth-order valence-electron chi connectivity index (χ4n) is 4.02. The highest BCUT2D eigenvalue weighted by Crippen LogP contribution is 2.40. The number of amides is 1. The monoisotopic (exact) mass is 537 g/mol. The highest BCUT2D eigenvalue weighted by molar-refractivity contribution is 8.26. The average Bonchev–Trinajstić information content (AvgIpc) is 3.35. The summed E-state index contributed by atoms with van der Waals surface area (Å²) in [6, 6.07) is 15.7. The van der Waals surface area contributed by atoms with Gasteiger partial charge in [-0.15, -0.1) is 0 Å². The van der Waals surface area contributed by atoms with E-state index >= 15 is 0 Å².